The molecule has 0 bridgehead atoms. The Hall–Kier alpha value is -2.86. The van der Waals surface area contributed by atoms with Crippen molar-refractivity contribution < 1.29 is 4.74 Å². The summed E-state index contributed by atoms with van der Waals surface area (Å²) in [5, 5.41) is 8.03. The van der Waals surface area contributed by atoms with Crippen LogP contribution in [-0.4, -0.2) is 11.2 Å². The molecule has 0 aliphatic carbocycles. The van der Waals surface area contributed by atoms with Gasteiger partial charge in [-0.15, -0.1) is 11.3 Å². The molecular weight excluding hydrogens is 425 g/mol. The number of rotatable bonds is 6. The van der Waals surface area contributed by atoms with Gasteiger partial charge in [-0.2, -0.15) is 5.10 Å². The van der Waals surface area contributed by atoms with Crippen LogP contribution in [0.5, 0.6) is 11.5 Å². The molecule has 4 nitrogen and oxygen atoms in total. The average Bonchev–Trinajstić information content (AvgIpc) is 3.17. The molecule has 4 rings (SSSR count). The van der Waals surface area contributed by atoms with Crippen LogP contribution in [0.1, 0.15) is 5.56 Å². The highest BCUT2D eigenvalue weighted by Gasteiger charge is 2.04. The van der Waals surface area contributed by atoms with Crippen molar-refractivity contribution in [3.05, 3.63) is 93.8 Å². The second kappa shape index (κ2) is 9.09. The molecule has 1 aromatic heterocycles. The Morgan fingerprint density at radius 1 is 0.897 bits per heavy atom. The molecule has 0 atom stereocenters. The van der Waals surface area contributed by atoms with Crippen molar-refractivity contribution in [2.75, 3.05) is 5.43 Å². The van der Waals surface area contributed by atoms with Crippen LogP contribution >= 0.6 is 34.5 Å². The van der Waals surface area contributed by atoms with Gasteiger partial charge >= 0.3 is 0 Å². The summed E-state index contributed by atoms with van der Waals surface area (Å²) in [4.78, 5) is 4.55. The van der Waals surface area contributed by atoms with E-state index >= 15 is 0 Å². The van der Waals surface area contributed by atoms with E-state index < -0.39 is 0 Å². The number of ether oxygens (including phenoxy) is 1. The van der Waals surface area contributed by atoms with Gasteiger partial charge in [-0.25, -0.2) is 4.98 Å². The molecule has 0 aliphatic heterocycles. The van der Waals surface area contributed by atoms with Crippen LogP contribution in [0.3, 0.4) is 0 Å². The van der Waals surface area contributed by atoms with Crippen molar-refractivity contribution in [3.63, 3.8) is 0 Å². The molecule has 1 N–H and O–H groups in total. The molecule has 29 heavy (non-hydrogen) atoms. The fourth-order valence-electron chi connectivity index (χ4n) is 2.61. The first-order valence-electron chi connectivity index (χ1n) is 8.70. The number of nitrogens with one attached hydrogen (secondary N) is 1. The first-order chi connectivity index (χ1) is 14.2. The minimum atomic E-state index is 0.521. The van der Waals surface area contributed by atoms with Gasteiger partial charge < -0.3 is 4.74 Å². The van der Waals surface area contributed by atoms with Gasteiger partial charge in [0, 0.05) is 21.0 Å². The summed E-state index contributed by atoms with van der Waals surface area (Å²) >= 11 is 13.5. The Kier molecular flexibility index (Phi) is 6.10. The zero-order valence-electron chi connectivity index (χ0n) is 15.0. The van der Waals surface area contributed by atoms with Gasteiger partial charge in [0.05, 0.1) is 11.9 Å². The van der Waals surface area contributed by atoms with Crippen LogP contribution in [0.2, 0.25) is 10.0 Å². The molecule has 0 unspecified atom stereocenters. The Bertz CT molecular complexity index is 1130. The predicted molar refractivity (Wildman–Crippen MR) is 122 cm³/mol. The smallest absolute Gasteiger partial charge is 0.203 e. The molecule has 0 aliphatic rings. The van der Waals surface area contributed by atoms with E-state index in [0.29, 0.717) is 21.5 Å². The molecule has 4 aromatic rings. The number of hydrazone groups is 1. The van der Waals surface area contributed by atoms with Gasteiger partial charge in [0.25, 0.3) is 0 Å². The molecular formula is C22H15Cl2N3OS. The lowest BCUT2D eigenvalue weighted by Gasteiger charge is -2.07. The van der Waals surface area contributed by atoms with Crippen molar-refractivity contribution in [2.24, 2.45) is 5.10 Å². The standard InChI is InChI=1S/C22H15Cl2N3OS/c23-17-10-18(24)12-20(11-17)28-19-8-4-5-15(9-19)13-25-27-22-26-21(14-29-22)16-6-2-1-3-7-16/h1-14H,(H,26,27). The summed E-state index contributed by atoms with van der Waals surface area (Å²) in [6.45, 7) is 0. The van der Waals surface area contributed by atoms with Crippen LogP contribution in [0, 0.1) is 0 Å². The van der Waals surface area contributed by atoms with Crippen LogP contribution in [0.4, 0.5) is 5.13 Å². The SMILES string of the molecule is Clc1cc(Cl)cc(Oc2cccc(C=NNc3nc(-c4ccccc4)cs3)c2)c1. The lowest BCUT2D eigenvalue weighted by atomic mass is 10.2. The number of anilines is 1. The topological polar surface area (TPSA) is 46.5 Å². The normalized spacial score (nSPS) is 11.0. The maximum absolute atomic E-state index is 6.02. The van der Waals surface area contributed by atoms with E-state index in [2.05, 4.69) is 15.5 Å². The van der Waals surface area contributed by atoms with Crippen LogP contribution in [0.25, 0.3) is 11.3 Å². The first kappa shape index (κ1) is 19.5. The molecule has 0 spiro atoms. The Labute approximate surface area is 182 Å². The van der Waals surface area contributed by atoms with E-state index in [4.69, 9.17) is 27.9 Å². The number of hydrogen-bond donors (Lipinski definition) is 1. The molecule has 7 heteroatoms. The highest BCUT2D eigenvalue weighted by Crippen LogP contribution is 2.28. The molecule has 1 heterocycles. The van der Waals surface area contributed by atoms with Crippen molar-refractivity contribution >= 4 is 45.9 Å². The highest BCUT2D eigenvalue weighted by atomic mass is 35.5. The van der Waals surface area contributed by atoms with E-state index in [0.717, 1.165) is 22.0 Å². The Morgan fingerprint density at radius 3 is 2.48 bits per heavy atom. The second-order valence-corrected chi connectivity index (χ2v) is 7.78. The number of thiazole rings is 1. The molecule has 0 saturated heterocycles. The number of aromatic nitrogens is 1. The summed E-state index contributed by atoms with van der Waals surface area (Å²) in [6.07, 6.45) is 1.71. The largest absolute Gasteiger partial charge is 0.457 e. The summed E-state index contributed by atoms with van der Waals surface area (Å²) in [5.74, 6) is 1.24. The van der Waals surface area contributed by atoms with Gasteiger partial charge in [-0.05, 0) is 35.9 Å². The summed E-state index contributed by atoms with van der Waals surface area (Å²) in [5.41, 5.74) is 5.84. The summed E-state index contributed by atoms with van der Waals surface area (Å²) in [6, 6.07) is 22.7. The third-order valence-corrected chi connectivity index (χ3v) is 5.06. The maximum Gasteiger partial charge on any atom is 0.203 e. The van der Waals surface area contributed by atoms with Gasteiger partial charge in [0.2, 0.25) is 5.13 Å². The molecule has 0 fully saturated rings. The molecule has 0 amide bonds. The zero-order valence-corrected chi connectivity index (χ0v) is 17.4. The fraction of sp³-hybridized carbons (Fsp3) is 0. The van der Waals surface area contributed by atoms with Crippen molar-refractivity contribution in [3.8, 4) is 22.8 Å². The van der Waals surface area contributed by atoms with Crippen LogP contribution in [-0.2, 0) is 0 Å². The van der Waals surface area contributed by atoms with E-state index in [1.807, 2.05) is 60.0 Å². The van der Waals surface area contributed by atoms with Gasteiger partial charge in [-0.1, -0.05) is 65.7 Å². The van der Waals surface area contributed by atoms with Gasteiger partial charge in [-0.3, -0.25) is 5.43 Å². The van der Waals surface area contributed by atoms with E-state index in [1.165, 1.54) is 11.3 Å². The Balaban J connectivity index is 1.41. The van der Waals surface area contributed by atoms with E-state index in [9.17, 15) is 0 Å². The van der Waals surface area contributed by atoms with Gasteiger partial charge in [0.1, 0.15) is 11.5 Å². The van der Waals surface area contributed by atoms with E-state index in [-0.39, 0.29) is 0 Å². The maximum atomic E-state index is 6.02. The second-order valence-electron chi connectivity index (χ2n) is 6.05. The van der Waals surface area contributed by atoms with Crippen molar-refractivity contribution in [1.82, 2.24) is 4.98 Å². The number of nitrogens with zero attached hydrogens (tertiary/aromatic N) is 2. The van der Waals surface area contributed by atoms with Gasteiger partial charge in [0.15, 0.2) is 0 Å². The number of benzene rings is 3. The number of halogens is 2. The Morgan fingerprint density at radius 2 is 1.69 bits per heavy atom. The predicted octanol–water partition coefficient (Wildman–Crippen LogP) is 7.36. The monoisotopic (exact) mass is 439 g/mol. The zero-order chi connectivity index (χ0) is 20.1. The molecule has 144 valence electrons. The number of hydrogen-bond acceptors (Lipinski definition) is 5. The quantitative estimate of drug-likeness (QED) is 0.252. The lowest BCUT2D eigenvalue weighted by Crippen LogP contribution is -1.91. The molecule has 3 aromatic carbocycles. The highest BCUT2D eigenvalue weighted by molar-refractivity contribution is 7.14. The minimum absolute atomic E-state index is 0.521. The third kappa shape index (κ3) is 5.35. The minimum Gasteiger partial charge on any atom is -0.457 e. The first-order valence-corrected chi connectivity index (χ1v) is 10.3. The molecule has 0 radical (unpaired) electrons. The summed E-state index contributed by atoms with van der Waals surface area (Å²) < 4.78 is 5.84. The summed E-state index contributed by atoms with van der Waals surface area (Å²) in [7, 11) is 0. The lowest BCUT2D eigenvalue weighted by molar-refractivity contribution is 0.482. The van der Waals surface area contributed by atoms with E-state index in [1.54, 1.807) is 24.4 Å². The molecule has 0 saturated carbocycles. The fourth-order valence-corrected chi connectivity index (χ4v) is 3.79. The van der Waals surface area contributed by atoms with Crippen LogP contribution < -0.4 is 10.2 Å². The third-order valence-electron chi connectivity index (χ3n) is 3.88. The van der Waals surface area contributed by atoms with Crippen LogP contribution in [0.15, 0.2) is 83.3 Å². The van der Waals surface area contributed by atoms with Crippen molar-refractivity contribution in [1.29, 1.82) is 0 Å². The van der Waals surface area contributed by atoms with Crippen molar-refractivity contribution in [2.45, 2.75) is 0 Å². The average molecular weight is 440 g/mol.